The molecule has 0 atom stereocenters. The van der Waals surface area contributed by atoms with Gasteiger partial charge in [-0.25, -0.2) is 19.7 Å². The van der Waals surface area contributed by atoms with E-state index in [-0.39, 0.29) is 0 Å². The first-order valence-corrected chi connectivity index (χ1v) is 10.8. The Hall–Kier alpha value is -5.06. The van der Waals surface area contributed by atoms with E-state index in [1.807, 2.05) is 30.3 Å². The zero-order valence-electron chi connectivity index (χ0n) is 19.9. The average molecular weight is 488 g/mol. The first-order valence-electron chi connectivity index (χ1n) is 10.8. The number of hydrogen-bond donors (Lipinski definition) is 4. The van der Waals surface area contributed by atoms with Crippen LogP contribution in [0.1, 0.15) is 0 Å². The summed E-state index contributed by atoms with van der Waals surface area (Å²) in [4.78, 5) is 25.2. The Labute approximate surface area is 207 Å². The van der Waals surface area contributed by atoms with Crippen molar-refractivity contribution < 1.29 is 19.0 Å². The molecule has 4 N–H and O–H groups in total. The highest BCUT2D eigenvalue weighted by Gasteiger charge is 2.14. The first kappa shape index (κ1) is 24.1. The summed E-state index contributed by atoms with van der Waals surface area (Å²) in [5.74, 6) is 3.20. The number of anilines is 6. The van der Waals surface area contributed by atoms with Crippen molar-refractivity contribution in [1.29, 1.82) is 0 Å². The fraction of sp³-hybridized carbons (Fsp3) is 0.120. The standard InChI is InChI=1S/C25H25N7O4/c1-34-19-12-18(13-20(35-2)24(19)36-3)31-25(33)30-17-9-7-16(8-10-17)29-22-14-23(28-15-27-22)32-21-6-4-5-11-26-21/h4-15H,1-3H3,(H2,30,31,33)(H2,26,27,28,29,32). The first-order chi connectivity index (χ1) is 17.6. The van der Waals surface area contributed by atoms with Gasteiger partial charge in [0.15, 0.2) is 11.5 Å². The maximum absolute atomic E-state index is 12.5. The van der Waals surface area contributed by atoms with E-state index in [1.165, 1.54) is 27.7 Å². The zero-order chi connectivity index (χ0) is 25.3. The van der Waals surface area contributed by atoms with Gasteiger partial charge in [0.1, 0.15) is 23.8 Å². The second kappa shape index (κ2) is 11.4. The highest BCUT2D eigenvalue weighted by Crippen LogP contribution is 2.40. The van der Waals surface area contributed by atoms with Crippen LogP contribution in [-0.2, 0) is 0 Å². The van der Waals surface area contributed by atoms with Gasteiger partial charge in [0.05, 0.1) is 27.0 Å². The predicted molar refractivity (Wildman–Crippen MR) is 138 cm³/mol. The van der Waals surface area contributed by atoms with E-state index in [2.05, 4.69) is 36.2 Å². The van der Waals surface area contributed by atoms with Crippen molar-refractivity contribution in [2.45, 2.75) is 0 Å². The molecular weight excluding hydrogens is 462 g/mol. The highest BCUT2D eigenvalue weighted by atomic mass is 16.5. The summed E-state index contributed by atoms with van der Waals surface area (Å²) in [6.45, 7) is 0. The van der Waals surface area contributed by atoms with Crippen molar-refractivity contribution >= 4 is 40.5 Å². The molecule has 2 amide bonds. The van der Waals surface area contributed by atoms with Gasteiger partial charge in [0.2, 0.25) is 5.75 Å². The molecule has 0 unspecified atom stereocenters. The zero-order valence-corrected chi connectivity index (χ0v) is 19.9. The average Bonchev–Trinajstić information content (AvgIpc) is 2.90. The fourth-order valence-corrected chi connectivity index (χ4v) is 3.29. The Balaban J connectivity index is 1.37. The summed E-state index contributed by atoms with van der Waals surface area (Å²) in [6, 6.07) is 17.4. The van der Waals surface area contributed by atoms with Gasteiger partial charge in [0.25, 0.3) is 0 Å². The lowest BCUT2D eigenvalue weighted by atomic mass is 10.2. The maximum atomic E-state index is 12.5. The molecular formula is C25H25N7O4. The monoisotopic (exact) mass is 487 g/mol. The molecule has 11 heteroatoms. The van der Waals surface area contributed by atoms with Crippen molar-refractivity contribution in [1.82, 2.24) is 15.0 Å². The number of hydrogen-bond acceptors (Lipinski definition) is 9. The number of ether oxygens (including phenoxy) is 3. The molecule has 0 aliphatic heterocycles. The lowest BCUT2D eigenvalue weighted by Crippen LogP contribution is -2.19. The summed E-state index contributed by atoms with van der Waals surface area (Å²) in [6.07, 6.45) is 3.15. The Morgan fingerprint density at radius 2 is 1.31 bits per heavy atom. The molecule has 36 heavy (non-hydrogen) atoms. The van der Waals surface area contributed by atoms with Crippen molar-refractivity contribution in [3.8, 4) is 17.2 Å². The molecule has 4 aromatic rings. The number of amides is 2. The number of nitrogens with zero attached hydrogens (tertiary/aromatic N) is 3. The molecule has 0 saturated carbocycles. The van der Waals surface area contributed by atoms with E-state index >= 15 is 0 Å². The molecule has 0 spiro atoms. The fourth-order valence-electron chi connectivity index (χ4n) is 3.29. The van der Waals surface area contributed by atoms with Crippen LogP contribution in [0.3, 0.4) is 0 Å². The second-order valence-corrected chi connectivity index (χ2v) is 7.32. The number of nitrogens with one attached hydrogen (secondary N) is 4. The van der Waals surface area contributed by atoms with E-state index < -0.39 is 6.03 Å². The molecule has 2 heterocycles. The Kier molecular flexibility index (Phi) is 7.61. The number of rotatable bonds is 9. The molecule has 184 valence electrons. The van der Waals surface area contributed by atoms with Crippen LogP contribution in [0.15, 0.2) is 73.2 Å². The number of pyridine rings is 1. The van der Waals surface area contributed by atoms with Gasteiger partial charge in [-0.1, -0.05) is 6.07 Å². The van der Waals surface area contributed by atoms with Gasteiger partial charge < -0.3 is 35.5 Å². The Morgan fingerprint density at radius 1 is 0.667 bits per heavy atom. The van der Waals surface area contributed by atoms with Gasteiger partial charge >= 0.3 is 6.03 Å². The van der Waals surface area contributed by atoms with Crippen LogP contribution in [-0.4, -0.2) is 42.3 Å². The maximum Gasteiger partial charge on any atom is 0.323 e. The minimum Gasteiger partial charge on any atom is -0.493 e. The quantitative estimate of drug-likeness (QED) is 0.257. The summed E-state index contributed by atoms with van der Waals surface area (Å²) < 4.78 is 15.9. The topological polar surface area (TPSA) is 132 Å². The van der Waals surface area contributed by atoms with Gasteiger partial charge in [-0.3, -0.25) is 0 Å². The molecule has 0 aliphatic carbocycles. The minimum atomic E-state index is -0.425. The van der Waals surface area contributed by atoms with Gasteiger partial charge in [0, 0.05) is 35.8 Å². The number of benzene rings is 2. The van der Waals surface area contributed by atoms with E-state index in [4.69, 9.17) is 14.2 Å². The lowest BCUT2D eigenvalue weighted by molar-refractivity contribution is 0.262. The Morgan fingerprint density at radius 3 is 1.92 bits per heavy atom. The molecule has 2 aromatic heterocycles. The third-order valence-corrected chi connectivity index (χ3v) is 4.93. The summed E-state index contributed by atoms with van der Waals surface area (Å²) in [7, 11) is 4.54. The SMILES string of the molecule is COc1cc(NC(=O)Nc2ccc(Nc3cc(Nc4ccccn4)ncn3)cc2)cc(OC)c1OC. The molecule has 2 aromatic carbocycles. The van der Waals surface area contributed by atoms with E-state index in [9.17, 15) is 4.79 Å². The number of carbonyl (C=O) groups excluding carboxylic acids is 1. The summed E-state index contributed by atoms with van der Waals surface area (Å²) in [5.41, 5.74) is 1.87. The van der Waals surface area contributed by atoms with Crippen LogP contribution < -0.4 is 35.5 Å². The predicted octanol–water partition coefficient (Wildman–Crippen LogP) is 5.03. The molecule has 0 aliphatic rings. The molecule has 0 saturated heterocycles. The normalized spacial score (nSPS) is 10.2. The van der Waals surface area contributed by atoms with Gasteiger partial charge in [-0.2, -0.15) is 0 Å². The van der Waals surface area contributed by atoms with Crippen molar-refractivity contribution in [3.05, 3.63) is 73.2 Å². The molecule has 4 rings (SSSR count). The summed E-state index contributed by atoms with van der Waals surface area (Å²) >= 11 is 0. The van der Waals surface area contributed by atoms with Crippen LogP contribution in [0.25, 0.3) is 0 Å². The van der Waals surface area contributed by atoms with E-state index in [0.29, 0.717) is 46.1 Å². The van der Waals surface area contributed by atoms with Crippen LogP contribution in [0.4, 0.5) is 39.3 Å². The smallest absolute Gasteiger partial charge is 0.323 e. The van der Waals surface area contributed by atoms with Gasteiger partial charge in [-0.05, 0) is 36.4 Å². The van der Waals surface area contributed by atoms with Crippen LogP contribution in [0.2, 0.25) is 0 Å². The number of urea groups is 1. The van der Waals surface area contributed by atoms with Crippen molar-refractivity contribution in [2.75, 3.05) is 42.6 Å². The second-order valence-electron chi connectivity index (χ2n) is 7.32. The number of methoxy groups -OCH3 is 3. The third kappa shape index (κ3) is 6.08. The number of aromatic nitrogens is 3. The van der Waals surface area contributed by atoms with Crippen molar-refractivity contribution in [3.63, 3.8) is 0 Å². The molecule has 0 bridgehead atoms. The Bertz CT molecular complexity index is 1290. The van der Waals surface area contributed by atoms with Gasteiger partial charge in [-0.15, -0.1) is 0 Å². The van der Waals surface area contributed by atoms with E-state index in [1.54, 1.807) is 36.5 Å². The van der Waals surface area contributed by atoms with Crippen LogP contribution in [0, 0.1) is 0 Å². The molecule has 0 fully saturated rings. The number of carbonyl (C=O) groups is 1. The minimum absolute atomic E-state index is 0.425. The molecule has 0 radical (unpaired) electrons. The lowest BCUT2D eigenvalue weighted by Gasteiger charge is -2.15. The largest absolute Gasteiger partial charge is 0.493 e. The summed E-state index contributed by atoms with van der Waals surface area (Å²) in [5, 5.41) is 11.9. The third-order valence-electron chi connectivity index (χ3n) is 4.93. The van der Waals surface area contributed by atoms with Crippen LogP contribution in [0.5, 0.6) is 17.2 Å². The van der Waals surface area contributed by atoms with Crippen molar-refractivity contribution in [2.24, 2.45) is 0 Å². The van der Waals surface area contributed by atoms with E-state index in [0.717, 1.165) is 5.69 Å². The highest BCUT2D eigenvalue weighted by molar-refractivity contribution is 6.00. The molecule has 11 nitrogen and oxygen atoms in total. The van der Waals surface area contributed by atoms with Crippen LogP contribution >= 0.6 is 0 Å².